The first-order chi connectivity index (χ1) is 16.9. The van der Waals surface area contributed by atoms with Crippen LogP contribution in [0.2, 0.25) is 0 Å². The van der Waals surface area contributed by atoms with E-state index in [0.717, 1.165) is 43.4 Å². The maximum atomic E-state index is 12.5. The van der Waals surface area contributed by atoms with Gasteiger partial charge < -0.3 is 9.84 Å². The van der Waals surface area contributed by atoms with Gasteiger partial charge in [0.25, 0.3) is 0 Å². The molecule has 4 aromatic rings. The number of carboxylic acid groups (broad SMARTS) is 1. The van der Waals surface area contributed by atoms with E-state index in [1.54, 1.807) is 6.20 Å². The summed E-state index contributed by atoms with van der Waals surface area (Å²) in [5.74, 6) is -1.05. The minimum Gasteiger partial charge on any atom is -0.477 e. The molecular weight excluding hydrogens is 508 g/mol. The van der Waals surface area contributed by atoms with Crippen LogP contribution in [-0.4, -0.2) is 22.2 Å². The number of carbonyl (C=O) groups is 2. The average Bonchev–Trinajstić information content (AvgIpc) is 3.22. The number of anilines is 1. The second-order valence-corrected chi connectivity index (χ2v) is 9.24. The van der Waals surface area contributed by atoms with Gasteiger partial charge in [-0.05, 0) is 64.1 Å². The van der Waals surface area contributed by atoms with Gasteiger partial charge in [-0.15, -0.1) is 0 Å². The molecule has 1 aromatic heterocycles. The van der Waals surface area contributed by atoms with Gasteiger partial charge in [0, 0.05) is 28.3 Å². The first-order valence-corrected chi connectivity index (χ1v) is 11.8. The van der Waals surface area contributed by atoms with Gasteiger partial charge in [0.1, 0.15) is 6.61 Å². The molecule has 1 amide bonds. The average molecular weight is 529 g/mol. The van der Waals surface area contributed by atoms with Crippen molar-refractivity contribution in [2.24, 2.45) is 0 Å². The zero-order valence-electron chi connectivity index (χ0n) is 18.8. The van der Waals surface area contributed by atoms with Crippen LogP contribution in [0.25, 0.3) is 22.3 Å². The van der Waals surface area contributed by atoms with Gasteiger partial charge in [0.05, 0.1) is 0 Å². The third-order valence-corrected chi connectivity index (χ3v) is 6.65. The highest BCUT2D eigenvalue weighted by atomic mass is 79.9. The van der Waals surface area contributed by atoms with Gasteiger partial charge in [-0.25, -0.2) is 14.6 Å². The molecule has 6 nitrogen and oxygen atoms in total. The van der Waals surface area contributed by atoms with Crippen LogP contribution in [-0.2, 0) is 17.8 Å². The lowest BCUT2D eigenvalue weighted by Crippen LogP contribution is -2.14. The smallest absolute Gasteiger partial charge is 0.411 e. The second kappa shape index (κ2) is 9.35. The van der Waals surface area contributed by atoms with Gasteiger partial charge in [-0.1, -0.05) is 64.5 Å². The Bertz CT molecular complexity index is 1470. The fourth-order valence-corrected chi connectivity index (χ4v) is 4.90. The van der Waals surface area contributed by atoms with Crippen molar-refractivity contribution in [2.75, 3.05) is 5.32 Å². The number of carboxylic acids is 1. The molecule has 174 valence electrons. The molecule has 3 aromatic carbocycles. The van der Waals surface area contributed by atoms with E-state index in [1.165, 1.54) is 0 Å². The maximum Gasteiger partial charge on any atom is 0.411 e. The van der Waals surface area contributed by atoms with E-state index in [2.05, 4.69) is 26.2 Å². The number of fused-ring (bicyclic) bond motifs is 3. The summed E-state index contributed by atoms with van der Waals surface area (Å²) in [5.41, 5.74) is 7.70. The number of pyridine rings is 1. The van der Waals surface area contributed by atoms with E-state index < -0.39 is 12.1 Å². The Morgan fingerprint density at radius 3 is 2.60 bits per heavy atom. The molecular formula is C28H21BrN2O4. The van der Waals surface area contributed by atoms with Crippen LogP contribution in [0.4, 0.5) is 10.5 Å². The lowest BCUT2D eigenvalue weighted by molar-refractivity contribution is 0.0689. The van der Waals surface area contributed by atoms with E-state index in [1.807, 2.05) is 73.7 Å². The van der Waals surface area contributed by atoms with Gasteiger partial charge in [-0.3, -0.25) is 5.32 Å². The summed E-state index contributed by atoms with van der Waals surface area (Å²) in [6.07, 6.45) is 1.56. The van der Waals surface area contributed by atoms with E-state index in [-0.39, 0.29) is 12.3 Å². The molecule has 0 saturated heterocycles. The Morgan fingerprint density at radius 1 is 1.03 bits per heavy atom. The Morgan fingerprint density at radius 2 is 1.83 bits per heavy atom. The van der Waals surface area contributed by atoms with E-state index in [0.29, 0.717) is 17.7 Å². The summed E-state index contributed by atoms with van der Waals surface area (Å²) in [4.78, 5) is 28.7. The van der Waals surface area contributed by atoms with Gasteiger partial charge in [0.2, 0.25) is 0 Å². The number of amides is 1. The van der Waals surface area contributed by atoms with Crippen LogP contribution >= 0.6 is 15.9 Å². The Hall–Kier alpha value is -3.97. The molecule has 7 heteroatoms. The molecule has 0 spiro atoms. The third kappa shape index (κ3) is 4.42. The minimum absolute atomic E-state index is 0.0625. The summed E-state index contributed by atoms with van der Waals surface area (Å²) in [7, 11) is 0. The molecule has 0 bridgehead atoms. The predicted octanol–water partition coefficient (Wildman–Crippen LogP) is 6.84. The van der Waals surface area contributed by atoms with Crippen LogP contribution in [0.5, 0.6) is 0 Å². The quantitative estimate of drug-likeness (QED) is 0.260. The number of hydrogen-bond donors (Lipinski definition) is 2. The maximum absolute atomic E-state index is 12.5. The minimum atomic E-state index is -1.05. The normalized spacial score (nSPS) is 11.5. The zero-order valence-corrected chi connectivity index (χ0v) is 20.4. The highest BCUT2D eigenvalue weighted by Gasteiger charge is 2.29. The predicted molar refractivity (Wildman–Crippen MR) is 138 cm³/mol. The third-order valence-electron chi connectivity index (χ3n) is 6.16. The SMILES string of the molecule is Cc1c(NC(=O)OCc2ccccc2)cccc1-c1cnc(C(=O)O)c2c1-c1ccc(Br)cc1C2. The van der Waals surface area contributed by atoms with Crippen molar-refractivity contribution in [3.63, 3.8) is 0 Å². The Labute approximate surface area is 210 Å². The first kappa shape index (κ1) is 22.8. The van der Waals surface area contributed by atoms with Crippen LogP contribution in [0, 0.1) is 6.92 Å². The molecule has 2 N–H and O–H groups in total. The molecule has 0 aliphatic heterocycles. The number of hydrogen-bond acceptors (Lipinski definition) is 4. The van der Waals surface area contributed by atoms with Crippen molar-refractivity contribution in [2.45, 2.75) is 20.0 Å². The number of aromatic carboxylic acids is 1. The summed E-state index contributed by atoms with van der Waals surface area (Å²) >= 11 is 3.51. The van der Waals surface area contributed by atoms with Gasteiger partial charge >= 0.3 is 12.1 Å². The summed E-state index contributed by atoms with van der Waals surface area (Å²) in [5, 5.41) is 12.6. The molecule has 0 radical (unpaired) electrons. The zero-order chi connectivity index (χ0) is 24.5. The monoisotopic (exact) mass is 528 g/mol. The number of ether oxygens (including phenoxy) is 1. The molecule has 35 heavy (non-hydrogen) atoms. The van der Waals surface area contributed by atoms with Crippen molar-refractivity contribution in [1.82, 2.24) is 4.98 Å². The lowest BCUT2D eigenvalue weighted by Gasteiger charge is -2.16. The van der Waals surface area contributed by atoms with E-state index in [9.17, 15) is 14.7 Å². The van der Waals surface area contributed by atoms with E-state index >= 15 is 0 Å². The van der Waals surface area contributed by atoms with Crippen molar-refractivity contribution in [3.8, 4) is 22.3 Å². The second-order valence-electron chi connectivity index (χ2n) is 8.32. The molecule has 0 fully saturated rings. The summed E-state index contributed by atoms with van der Waals surface area (Å²) in [6, 6.07) is 21.1. The van der Waals surface area contributed by atoms with Gasteiger partial charge in [0.15, 0.2) is 5.69 Å². The topological polar surface area (TPSA) is 88.5 Å². The molecule has 1 aliphatic carbocycles. The largest absolute Gasteiger partial charge is 0.477 e. The lowest BCUT2D eigenvalue weighted by atomic mass is 9.92. The van der Waals surface area contributed by atoms with Crippen LogP contribution in [0.15, 0.2) is 77.4 Å². The van der Waals surface area contributed by atoms with E-state index in [4.69, 9.17) is 4.74 Å². The van der Waals surface area contributed by atoms with Crippen LogP contribution < -0.4 is 5.32 Å². The standard InChI is InChI=1S/C28H21BrN2O4/c1-16-20(8-5-9-24(16)31-28(34)35-15-17-6-3-2-4-7-17)23-14-30-26(27(32)33)22-13-18-12-19(29)10-11-21(18)25(22)23/h2-12,14H,13,15H2,1H3,(H,31,34)(H,32,33). The first-order valence-electron chi connectivity index (χ1n) is 11.0. The van der Waals surface area contributed by atoms with Crippen molar-refractivity contribution in [1.29, 1.82) is 0 Å². The fraction of sp³-hybridized carbons (Fsp3) is 0.107. The number of halogens is 1. The van der Waals surface area contributed by atoms with Crippen molar-refractivity contribution >= 4 is 33.7 Å². The van der Waals surface area contributed by atoms with Gasteiger partial charge in [-0.2, -0.15) is 0 Å². The fourth-order valence-electron chi connectivity index (χ4n) is 4.50. The molecule has 0 atom stereocenters. The number of aromatic nitrogens is 1. The van der Waals surface area contributed by atoms with Crippen molar-refractivity contribution < 1.29 is 19.4 Å². The molecule has 0 saturated carbocycles. The number of nitrogens with one attached hydrogen (secondary N) is 1. The summed E-state index contributed by atoms with van der Waals surface area (Å²) in [6.45, 7) is 2.09. The molecule has 5 rings (SSSR count). The van der Waals surface area contributed by atoms with Crippen LogP contribution in [0.3, 0.4) is 0 Å². The number of benzene rings is 3. The summed E-state index contributed by atoms with van der Waals surface area (Å²) < 4.78 is 6.31. The Kier molecular flexibility index (Phi) is 6.09. The highest BCUT2D eigenvalue weighted by molar-refractivity contribution is 9.10. The number of carbonyl (C=O) groups excluding carboxylic acids is 1. The van der Waals surface area contributed by atoms with Crippen molar-refractivity contribution in [3.05, 3.63) is 105 Å². The highest BCUT2D eigenvalue weighted by Crippen LogP contribution is 2.45. The Balaban J connectivity index is 1.50. The number of rotatable bonds is 5. The molecule has 1 heterocycles. The molecule has 0 unspecified atom stereocenters. The van der Waals surface area contributed by atoms with Crippen LogP contribution in [0.1, 0.15) is 32.7 Å². The number of nitrogens with zero attached hydrogens (tertiary/aromatic N) is 1. The molecule has 1 aliphatic rings.